The fourth-order valence-corrected chi connectivity index (χ4v) is 1.45. The van der Waals surface area contributed by atoms with Crippen LogP contribution in [0.2, 0.25) is 0 Å². The van der Waals surface area contributed by atoms with Gasteiger partial charge in [0.05, 0.1) is 6.54 Å². The molecular formula is C10H14N6O2. The van der Waals surface area contributed by atoms with Crippen molar-refractivity contribution >= 4 is 17.4 Å². The second-order valence-corrected chi connectivity index (χ2v) is 4.11. The first-order valence-electron chi connectivity index (χ1n) is 5.52. The van der Waals surface area contributed by atoms with Crippen LogP contribution in [0.4, 0.5) is 5.82 Å². The average Bonchev–Trinajstić information content (AvgIpc) is 2.67. The Morgan fingerprint density at radius 1 is 1.56 bits per heavy atom. The summed E-state index contributed by atoms with van der Waals surface area (Å²) >= 11 is 0. The van der Waals surface area contributed by atoms with E-state index in [4.69, 9.17) is 0 Å². The summed E-state index contributed by atoms with van der Waals surface area (Å²) in [6, 6.07) is 1.68. The zero-order chi connectivity index (χ0) is 13.1. The van der Waals surface area contributed by atoms with Crippen molar-refractivity contribution in [3.63, 3.8) is 0 Å². The number of fused-ring (bicyclic) bond motifs is 1. The number of H-pyrrole nitrogens is 1. The van der Waals surface area contributed by atoms with E-state index in [9.17, 15) is 9.59 Å². The van der Waals surface area contributed by atoms with Crippen molar-refractivity contribution in [1.82, 2.24) is 24.9 Å². The fourth-order valence-electron chi connectivity index (χ4n) is 1.45. The molecule has 0 saturated heterocycles. The summed E-state index contributed by atoms with van der Waals surface area (Å²) in [5, 5.41) is 11.7. The predicted octanol–water partition coefficient (Wildman–Crippen LogP) is -0.646. The van der Waals surface area contributed by atoms with E-state index >= 15 is 0 Å². The molecule has 0 atom stereocenters. The van der Waals surface area contributed by atoms with Crippen LogP contribution in [0.3, 0.4) is 0 Å². The van der Waals surface area contributed by atoms with E-state index in [1.807, 2.05) is 13.8 Å². The third-order valence-corrected chi connectivity index (χ3v) is 2.19. The predicted molar refractivity (Wildman–Crippen MR) is 65.4 cm³/mol. The van der Waals surface area contributed by atoms with Crippen LogP contribution < -0.4 is 16.3 Å². The molecule has 0 unspecified atom stereocenters. The van der Waals surface area contributed by atoms with Crippen LogP contribution in [0.1, 0.15) is 13.8 Å². The molecule has 2 aromatic heterocycles. The van der Waals surface area contributed by atoms with Crippen LogP contribution in [0.5, 0.6) is 0 Å². The molecule has 0 aliphatic carbocycles. The first-order chi connectivity index (χ1) is 8.56. The van der Waals surface area contributed by atoms with Gasteiger partial charge in [-0.15, -0.1) is 0 Å². The Morgan fingerprint density at radius 2 is 2.33 bits per heavy atom. The molecule has 8 heteroatoms. The summed E-state index contributed by atoms with van der Waals surface area (Å²) in [7, 11) is 0. The second kappa shape index (κ2) is 4.86. The van der Waals surface area contributed by atoms with E-state index in [1.165, 1.54) is 10.7 Å². The molecule has 0 saturated carbocycles. The highest BCUT2D eigenvalue weighted by molar-refractivity contribution is 5.80. The number of rotatable bonds is 4. The Morgan fingerprint density at radius 3 is 3.06 bits per heavy atom. The molecule has 0 aromatic carbocycles. The van der Waals surface area contributed by atoms with Crippen molar-refractivity contribution in [1.29, 1.82) is 0 Å². The SMILES string of the molecule is CC(C)NC(=O)CNc1cc2n[nH]c(=O)n2cn1. The lowest BCUT2D eigenvalue weighted by atomic mass is 10.4. The Balaban J connectivity index is 2.04. The van der Waals surface area contributed by atoms with E-state index < -0.39 is 0 Å². The number of hydrogen-bond acceptors (Lipinski definition) is 5. The molecule has 0 aliphatic rings. The van der Waals surface area contributed by atoms with Crippen molar-refractivity contribution < 1.29 is 4.79 Å². The van der Waals surface area contributed by atoms with Gasteiger partial charge in [-0.1, -0.05) is 0 Å². The van der Waals surface area contributed by atoms with Gasteiger partial charge in [-0.25, -0.2) is 19.3 Å². The van der Waals surface area contributed by atoms with Crippen LogP contribution in [0.25, 0.3) is 5.65 Å². The molecule has 2 aromatic rings. The van der Waals surface area contributed by atoms with Crippen LogP contribution in [0.15, 0.2) is 17.2 Å². The maximum atomic E-state index is 11.4. The van der Waals surface area contributed by atoms with E-state index in [1.54, 1.807) is 6.07 Å². The summed E-state index contributed by atoms with van der Waals surface area (Å²) in [5.74, 6) is 0.367. The fraction of sp³-hybridized carbons (Fsp3) is 0.400. The number of nitrogens with zero attached hydrogens (tertiary/aromatic N) is 3. The highest BCUT2D eigenvalue weighted by Gasteiger charge is 2.05. The number of aromatic nitrogens is 4. The molecular weight excluding hydrogens is 236 g/mol. The van der Waals surface area contributed by atoms with Gasteiger partial charge in [0.1, 0.15) is 12.1 Å². The maximum absolute atomic E-state index is 11.4. The van der Waals surface area contributed by atoms with E-state index in [0.29, 0.717) is 11.5 Å². The lowest BCUT2D eigenvalue weighted by Crippen LogP contribution is -2.35. The number of aromatic amines is 1. The molecule has 0 radical (unpaired) electrons. The maximum Gasteiger partial charge on any atom is 0.348 e. The van der Waals surface area contributed by atoms with Crippen molar-refractivity contribution in [2.75, 3.05) is 11.9 Å². The number of carbonyl (C=O) groups is 1. The van der Waals surface area contributed by atoms with Crippen molar-refractivity contribution in [2.24, 2.45) is 0 Å². The van der Waals surface area contributed by atoms with Gasteiger partial charge in [-0.3, -0.25) is 4.79 Å². The van der Waals surface area contributed by atoms with Gasteiger partial charge in [-0.05, 0) is 13.8 Å². The van der Waals surface area contributed by atoms with E-state index in [0.717, 1.165) is 0 Å². The average molecular weight is 250 g/mol. The number of nitrogens with one attached hydrogen (secondary N) is 3. The van der Waals surface area contributed by atoms with Crippen LogP contribution in [0, 0.1) is 0 Å². The van der Waals surface area contributed by atoms with Gasteiger partial charge in [-0.2, -0.15) is 5.10 Å². The number of amides is 1. The molecule has 2 heterocycles. The number of hydrogen-bond donors (Lipinski definition) is 3. The van der Waals surface area contributed by atoms with Gasteiger partial charge in [0, 0.05) is 12.1 Å². The minimum absolute atomic E-state index is 0.0969. The van der Waals surface area contributed by atoms with Gasteiger partial charge in [0.2, 0.25) is 5.91 Å². The molecule has 8 nitrogen and oxygen atoms in total. The minimum atomic E-state index is -0.346. The van der Waals surface area contributed by atoms with Gasteiger partial charge >= 0.3 is 5.69 Å². The first-order valence-corrected chi connectivity index (χ1v) is 5.52. The Hall–Kier alpha value is -2.38. The zero-order valence-electron chi connectivity index (χ0n) is 10.1. The minimum Gasteiger partial charge on any atom is -0.361 e. The quantitative estimate of drug-likeness (QED) is 0.669. The second-order valence-electron chi connectivity index (χ2n) is 4.11. The first kappa shape index (κ1) is 12.1. The summed E-state index contributed by atoms with van der Waals surface area (Å²) < 4.78 is 1.28. The third-order valence-electron chi connectivity index (χ3n) is 2.19. The Bertz CT molecular complexity index is 614. The molecule has 1 amide bonds. The molecule has 0 spiro atoms. The molecule has 0 aliphatic heterocycles. The molecule has 18 heavy (non-hydrogen) atoms. The Kier molecular flexibility index (Phi) is 3.26. The number of carbonyl (C=O) groups excluding carboxylic acids is 1. The lowest BCUT2D eigenvalue weighted by Gasteiger charge is -2.09. The summed E-state index contributed by atoms with van der Waals surface area (Å²) in [5.41, 5.74) is 0.100. The molecule has 0 fully saturated rings. The highest BCUT2D eigenvalue weighted by Crippen LogP contribution is 2.03. The zero-order valence-corrected chi connectivity index (χ0v) is 10.1. The van der Waals surface area contributed by atoms with Crippen LogP contribution >= 0.6 is 0 Å². The third kappa shape index (κ3) is 2.65. The lowest BCUT2D eigenvalue weighted by molar-refractivity contribution is -0.119. The molecule has 2 rings (SSSR count). The monoisotopic (exact) mass is 250 g/mol. The van der Waals surface area contributed by atoms with Crippen LogP contribution in [-0.4, -0.2) is 38.1 Å². The Labute approximate surface area is 102 Å². The van der Waals surface area contributed by atoms with Gasteiger partial charge in [0.15, 0.2) is 5.65 Å². The largest absolute Gasteiger partial charge is 0.361 e. The van der Waals surface area contributed by atoms with E-state index in [2.05, 4.69) is 25.8 Å². The normalized spacial score (nSPS) is 10.8. The summed E-state index contributed by atoms with van der Waals surface area (Å²) in [6.45, 7) is 3.90. The summed E-state index contributed by atoms with van der Waals surface area (Å²) in [6.07, 6.45) is 1.35. The van der Waals surface area contributed by atoms with Gasteiger partial charge in [0.25, 0.3) is 0 Å². The van der Waals surface area contributed by atoms with Crippen molar-refractivity contribution in [3.8, 4) is 0 Å². The van der Waals surface area contributed by atoms with Crippen molar-refractivity contribution in [3.05, 3.63) is 22.9 Å². The smallest absolute Gasteiger partial charge is 0.348 e. The standard InChI is InChI=1S/C10H14N6O2/c1-6(2)13-9(17)4-11-7-3-8-14-15-10(18)16(8)5-12-7/h3,5-6,11H,4H2,1-2H3,(H,13,17)(H,15,18). The molecule has 3 N–H and O–H groups in total. The number of anilines is 1. The summed E-state index contributed by atoms with van der Waals surface area (Å²) in [4.78, 5) is 26.6. The van der Waals surface area contributed by atoms with Gasteiger partial charge < -0.3 is 10.6 Å². The molecule has 96 valence electrons. The van der Waals surface area contributed by atoms with Crippen molar-refractivity contribution in [2.45, 2.75) is 19.9 Å². The van der Waals surface area contributed by atoms with E-state index in [-0.39, 0.29) is 24.2 Å². The highest BCUT2D eigenvalue weighted by atomic mass is 16.2. The van der Waals surface area contributed by atoms with Crippen LogP contribution in [-0.2, 0) is 4.79 Å². The topological polar surface area (TPSA) is 104 Å². The molecule has 0 bridgehead atoms.